The fraction of sp³-hybridized carbons (Fsp3) is 0.481. The Hall–Kier alpha value is -2.55. The number of rotatable bonds is 8. The van der Waals surface area contributed by atoms with E-state index in [0.29, 0.717) is 18.1 Å². The molecule has 2 aromatic carbocycles. The van der Waals surface area contributed by atoms with Crippen molar-refractivity contribution in [1.82, 2.24) is 9.21 Å². The topological polar surface area (TPSA) is 68.3 Å². The molecule has 0 amide bonds. The first-order valence-electron chi connectivity index (χ1n) is 11.7. The Morgan fingerprint density at radius 3 is 2.43 bits per heavy atom. The largest absolute Gasteiger partial charge is 0.497 e. The summed E-state index contributed by atoms with van der Waals surface area (Å²) in [6, 6.07) is 16.3. The molecule has 1 aliphatic heterocycles. The first-order chi connectivity index (χ1) is 16.6. The van der Waals surface area contributed by atoms with Crippen LogP contribution in [-0.2, 0) is 20.8 Å². The molecule has 3 rings (SSSR count). The monoisotopic (exact) mass is 502 g/mol. The maximum Gasteiger partial charge on any atom is 0.337 e. The van der Waals surface area contributed by atoms with Gasteiger partial charge in [-0.15, -0.1) is 0 Å². The summed E-state index contributed by atoms with van der Waals surface area (Å²) in [4.78, 5) is 25.1. The van der Waals surface area contributed by atoms with Crippen LogP contribution in [0.15, 0.2) is 53.4 Å². The molecular formula is C27H38N2O5S. The van der Waals surface area contributed by atoms with Gasteiger partial charge < -0.3 is 19.1 Å². The van der Waals surface area contributed by atoms with Gasteiger partial charge in [-0.2, -0.15) is 0 Å². The molecule has 0 radical (unpaired) electrons. The Kier molecular flexibility index (Phi) is 11.6. The highest BCUT2D eigenvalue weighted by atomic mass is 32.2. The van der Waals surface area contributed by atoms with Crippen LogP contribution in [0, 0.1) is 0 Å². The third-order valence-corrected chi connectivity index (χ3v) is 6.52. The molecule has 0 aromatic heterocycles. The van der Waals surface area contributed by atoms with Crippen LogP contribution in [0.3, 0.4) is 0 Å². The van der Waals surface area contributed by atoms with E-state index in [0.717, 1.165) is 30.9 Å². The summed E-state index contributed by atoms with van der Waals surface area (Å²) >= 11 is 1.77. The second kappa shape index (κ2) is 14.1. The number of benzene rings is 2. The van der Waals surface area contributed by atoms with E-state index in [1.807, 2.05) is 45.0 Å². The summed E-state index contributed by atoms with van der Waals surface area (Å²) in [5.74, 6) is 0.563. The Balaban J connectivity index is 0.000000540. The van der Waals surface area contributed by atoms with Crippen molar-refractivity contribution in [3.05, 3.63) is 59.7 Å². The maximum atomic E-state index is 11.9. The standard InChI is InChI=1S/C22H28N2O3S.C5H10O2/c1-23-13-5-8-19(16-23)24(28-21-11-9-20(26-2)10-12-21)15-17-6-4-7-18(14-17)22(25)27-3;1-5(2,3)7-4-6/h4,6-7,9-12,14,19H,5,8,13,15-16H2,1-3H3;4H,1-3H3. The minimum Gasteiger partial charge on any atom is -0.497 e. The zero-order valence-corrected chi connectivity index (χ0v) is 22.5. The number of likely N-dealkylation sites (tertiary alicyclic amines) is 1. The van der Waals surface area contributed by atoms with Crippen molar-refractivity contribution in [2.45, 2.75) is 56.7 Å². The predicted molar refractivity (Wildman–Crippen MR) is 140 cm³/mol. The fourth-order valence-electron chi connectivity index (χ4n) is 3.62. The summed E-state index contributed by atoms with van der Waals surface area (Å²) in [7, 11) is 5.28. The number of methoxy groups -OCH3 is 2. The van der Waals surface area contributed by atoms with Crippen molar-refractivity contribution < 1.29 is 23.8 Å². The number of carbonyl (C=O) groups is 2. The molecule has 1 atom stereocenters. The van der Waals surface area contributed by atoms with E-state index in [4.69, 9.17) is 9.47 Å². The fourth-order valence-corrected chi connectivity index (χ4v) is 4.68. The first-order valence-corrected chi connectivity index (χ1v) is 12.5. The molecule has 35 heavy (non-hydrogen) atoms. The first kappa shape index (κ1) is 28.7. The molecule has 0 saturated carbocycles. The van der Waals surface area contributed by atoms with Crippen LogP contribution in [0.5, 0.6) is 5.75 Å². The van der Waals surface area contributed by atoms with Gasteiger partial charge in [-0.05, 0) is 101 Å². The van der Waals surface area contributed by atoms with Crippen LogP contribution in [0.2, 0.25) is 0 Å². The molecule has 0 aliphatic carbocycles. The summed E-state index contributed by atoms with van der Waals surface area (Å²) in [5.41, 5.74) is 1.38. The number of nitrogens with zero attached hydrogens (tertiary/aromatic N) is 2. The molecule has 0 N–H and O–H groups in total. The Morgan fingerprint density at radius 2 is 1.89 bits per heavy atom. The Bertz CT molecular complexity index is 930. The molecule has 0 bridgehead atoms. The molecule has 192 valence electrons. The SMILES string of the molecule is CC(C)(C)OC=O.COC(=O)c1cccc(CN(Sc2ccc(OC)cc2)C2CCCN(C)C2)c1. The third kappa shape index (κ3) is 10.3. The van der Waals surface area contributed by atoms with Gasteiger partial charge in [-0.3, -0.25) is 4.79 Å². The third-order valence-electron chi connectivity index (χ3n) is 5.38. The smallest absolute Gasteiger partial charge is 0.337 e. The lowest BCUT2D eigenvalue weighted by Gasteiger charge is -2.37. The van der Waals surface area contributed by atoms with E-state index in [9.17, 15) is 9.59 Å². The molecule has 1 aliphatic rings. The highest BCUT2D eigenvalue weighted by Crippen LogP contribution is 2.31. The normalized spacial score (nSPS) is 16.1. The van der Waals surface area contributed by atoms with E-state index >= 15 is 0 Å². The highest BCUT2D eigenvalue weighted by Gasteiger charge is 2.25. The second-order valence-corrected chi connectivity index (χ2v) is 10.5. The number of hydrogen-bond donors (Lipinski definition) is 0. The highest BCUT2D eigenvalue weighted by molar-refractivity contribution is 7.97. The van der Waals surface area contributed by atoms with Gasteiger partial charge in [-0.25, -0.2) is 9.10 Å². The Morgan fingerprint density at radius 1 is 1.17 bits per heavy atom. The average Bonchev–Trinajstić information content (AvgIpc) is 2.83. The van der Waals surface area contributed by atoms with Gasteiger partial charge in [0.15, 0.2) is 0 Å². The minimum atomic E-state index is -0.318. The number of piperidine rings is 1. The van der Waals surface area contributed by atoms with Crippen LogP contribution < -0.4 is 4.74 Å². The summed E-state index contributed by atoms with van der Waals surface area (Å²) in [6.07, 6.45) is 2.37. The van der Waals surface area contributed by atoms with Crippen molar-refractivity contribution in [3.63, 3.8) is 0 Å². The summed E-state index contributed by atoms with van der Waals surface area (Å²) in [6.45, 7) is 8.87. The lowest BCUT2D eigenvalue weighted by atomic mass is 10.1. The molecule has 1 fully saturated rings. The van der Waals surface area contributed by atoms with E-state index in [-0.39, 0.29) is 11.6 Å². The van der Waals surface area contributed by atoms with Crippen LogP contribution in [0.4, 0.5) is 0 Å². The van der Waals surface area contributed by atoms with Gasteiger partial charge in [0, 0.05) is 24.0 Å². The number of carbonyl (C=O) groups excluding carboxylic acids is 2. The summed E-state index contributed by atoms with van der Waals surface area (Å²) in [5, 5.41) is 0. The van der Waals surface area contributed by atoms with Crippen LogP contribution in [0.1, 0.15) is 49.5 Å². The molecule has 0 spiro atoms. The van der Waals surface area contributed by atoms with Crippen molar-refractivity contribution in [1.29, 1.82) is 0 Å². The van der Waals surface area contributed by atoms with E-state index in [2.05, 4.69) is 39.2 Å². The quantitative estimate of drug-likeness (QED) is 0.282. The van der Waals surface area contributed by atoms with Gasteiger partial charge >= 0.3 is 5.97 Å². The van der Waals surface area contributed by atoms with Crippen molar-refractivity contribution in [3.8, 4) is 5.75 Å². The van der Waals surface area contributed by atoms with Gasteiger partial charge in [-0.1, -0.05) is 12.1 Å². The zero-order chi connectivity index (χ0) is 25.8. The number of likely N-dealkylation sites (N-methyl/N-ethyl adjacent to an activating group) is 1. The minimum absolute atomic E-state index is 0.298. The lowest BCUT2D eigenvalue weighted by Crippen LogP contribution is -2.43. The van der Waals surface area contributed by atoms with Crippen LogP contribution in [0.25, 0.3) is 0 Å². The van der Waals surface area contributed by atoms with Crippen LogP contribution >= 0.6 is 11.9 Å². The molecule has 2 aromatic rings. The summed E-state index contributed by atoms with van der Waals surface area (Å²) < 4.78 is 17.1. The van der Waals surface area contributed by atoms with E-state index in [1.54, 1.807) is 25.1 Å². The maximum absolute atomic E-state index is 11.9. The molecule has 1 saturated heterocycles. The van der Waals surface area contributed by atoms with Gasteiger partial charge in [0.25, 0.3) is 6.47 Å². The zero-order valence-electron chi connectivity index (χ0n) is 21.7. The lowest BCUT2D eigenvalue weighted by molar-refractivity contribution is -0.138. The molecule has 7 nitrogen and oxygen atoms in total. The average molecular weight is 503 g/mol. The number of esters is 1. The molecule has 1 unspecified atom stereocenters. The van der Waals surface area contributed by atoms with Gasteiger partial charge in [0.05, 0.1) is 19.8 Å². The van der Waals surface area contributed by atoms with E-state index < -0.39 is 0 Å². The predicted octanol–water partition coefficient (Wildman–Crippen LogP) is 5.04. The van der Waals surface area contributed by atoms with Crippen molar-refractivity contribution in [2.75, 3.05) is 34.4 Å². The molecule has 8 heteroatoms. The second-order valence-electron chi connectivity index (χ2n) is 9.42. The molecule has 1 heterocycles. The molecular weight excluding hydrogens is 464 g/mol. The number of hydrogen-bond acceptors (Lipinski definition) is 8. The van der Waals surface area contributed by atoms with Crippen LogP contribution in [-0.4, -0.2) is 67.6 Å². The van der Waals surface area contributed by atoms with Gasteiger partial charge in [0.2, 0.25) is 0 Å². The Labute approximate surface area is 213 Å². The van der Waals surface area contributed by atoms with E-state index in [1.165, 1.54) is 24.8 Å². The number of ether oxygens (including phenoxy) is 3. The van der Waals surface area contributed by atoms with Crippen molar-refractivity contribution in [2.24, 2.45) is 0 Å². The van der Waals surface area contributed by atoms with Crippen molar-refractivity contribution >= 4 is 24.4 Å². The van der Waals surface area contributed by atoms with Gasteiger partial charge in [0.1, 0.15) is 11.4 Å².